The van der Waals surface area contributed by atoms with Crippen LogP contribution in [0.1, 0.15) is 0 Å². The Morgan fingerprint density at radius 2 is 0.756 bits per heavy atom. The fourth-order valence-electron chi connectivity index (χ4n) is 6.44. The highest BCUT2D eigenvalue weighted by molar-refractivity contribution is 6.13. The van der Waals surface area contributed by atoms with Crippen LogP contribution in [0.15, 0.2) is 188 Å². The molecule has 1 heteroatoms. The summed E-state index contributed by atoms with van der Waals surface area (Å²) in [7, 11) is 0. The topological polar surface area (TPSA) is 3.24 Å². The summed E-state index contributed by atoms with van der Waals surface area (Å²) in [5, 5.41) is 5.10. The molecule has 0 unspecified atom stereocenters. The van der Waals surface area contributed by atoms with Crippen LogP contribution < -0.4 is 4.90 Å². The second kappa shape index (κ2) is 11.6. The first kappa shape index (κ1) is 26.7. The predicted molar refractivity (Wildman–Crippen MR) is 192 cm³/mol. The van der Waals surface area contributed by atoms with E-state index in [4.69, 9.17) is 0 Å². The average Bonchev–Trinajstić information content (AvgIpc) is 3.13. The van der Waals surface area contributed by atoms with E-state index in [1.807, 2.05) is 0 Å². The van der Waals surface area contributed by atoms with E-state index in [1.165, 1.54) is 54.9 Å². The van der Waals surface area contributed by atoms with Gasteiger partial charge < -0.3 is 4.90 Å². The second-order valence-electron chi connectivity index (χ2n) is 11.4. The van der Waals surface area contributed by atoms with E-state index in [0.717, 1.165) is 17.1 Å². The van der Waals surface area contributed by atoms with Crippen molar-refractivity contribution < 1.29 is 0 Å². The standard InChI is InChI=1S/C44H31N/c1-3-13-32(14-4-1)35-18-11-20-39(29-35)45(40-21-12-19-36(30-40)33-15-5-2-6-16-33)38-27-25-34(26-28-38)44-31-37-17-7-8-22-41(37)42-23-9-10-24-43(42)44/h1-31H. The van der Waals surface area contributed by atoms with Crippen molar-refractivity contribution in [1.82, 2.24) is 0 Å². The van der Waals surface area contributed by atoms with Crippen LogP contribution in [0.2, 0.25) is 0 Å². The van der Waals surface area contributed by atoms with E-state index in [1.54, 1.807) is 0 Å². The molecule has 0 saturated carbocycles. The monoisotopic (exact) mass is 573 g/mol. The molecular formula is C44H31N. The fraction of sp³-hybridized carbons (Fsp3) is 0. The smallest absolute Gasteiger partial charge is 0.0467 e. The highest BCUT2D eigenvalue weighted by atomic mass is 15.1. The maximum absolute atomic E-state index is 2.36. The van der Waals surface area contributed by atoms with E-state index < -0.39 is 0 Å². The van der Waals surface area contributed by atoms with Crippen molar-refractivity contribution in [3.63, 3.8) is 0 Å². The third kappa shape index (κ3) is 5.15. The molecule has 8 aromatic carbocycles. The Morgan fingerprint density at radius 1 is 0.267 bits per heavy atom. The van der Waals surface area contributed by atoms with Crippen molar-refractivity contribution in [2.75, 3.05) is 4.90 Å². The molecule has 0 aliphatic rings. The normalized spacial score (nSPS) is 11.1. The van der Waals surface area contributed by atoms with Crippen molar-refractivity contribution in [3.8, 4) is 33.4 Å². The Bertz CT molecular complexity index is 2170. The molecular weight excluding hydrogens is 542 g/mol. The van der Waals surface area contributed by atoms with Gasteiger partial charge in [0.15, 0.2) is 0 Å². The summed E-state index contributed by atoms with van der Waals surface area (Å²) in [5.74, 6) is 0. The lowest BCUT2D eigenvalue weighted by Gasteiger charge is -2.27. The second-order valence-corrected chi connectivity index (χ2v) is 11.4. The van der Waals surface area contributed by atoms with Gasteiger partial charge in [0, 0.05) is 17.1 Å². The van der Waals surface area contributed by atoms with Gasteiger partial charge in [-0.1, -0.05) is 146 Å². The van der Waals surface area contributed by atoms with Crippen LogP contribution in [0, 0.1) is 0 Å². The van der Waals surface area contributed by atoms with Gasteiger partial charge in [-0.2, -0.15) is 0 Å². The number of hydrogen-bond acceptors (Lipinski definition) is 1. The number of hydrogen-bond donors (Lipinski definition) is 0. The third-order valence-corrected chi connectivity index (χ3v) is 8.63. The molecule has 8 aromatic rings. The molecule has 0 amide bonds. The molecule has 0 aliphatic heterocycles. The van der Waals surface area contributed by atoms with Gasteiger partial charge in [-0.15, -0.1) is 0 Å². The largest absolute Gasteiger partial charge is 0.310 e. The Labute approximate surface area is 264 Å². The molecule has 0 aromatic heterocycles. The van der Waals surface area contributed by atoms with Crippen molar-refractivity contribution in [1.29, 1.82) is 0 Å². The lowest BCUT2D eigenvalue weighted by Crippen LogP contribution is -2.10. The first-order chi connectivity index (χ1) is 22.3. The number of benzene rings is 8. The van der Waals surface area contributed by atoms with Crippen molar-refractivity contribution in [3.05, 3.63) is 188 Å². The molecule has 0 atom stereocenters. The van der Waals surface area contributed by atoms with Gasteiger partial charge >= 0.3 is 0 Å². The first-order valence-electron chi connectivity index (χ1n) is 15.4. The third-order valence-electron chi connectivity index (χ3n) is 8.63. The van der Waals surface area contributed by atoms with Gasteiger partial charge in [-0.3, -0.25) is 0 Å². The number of fused-ring (bicyclic) bond motifs is 3. The van der Waals surface area contributed by atoms with Crippen molar-refractivity contribution in [2.24, 2.45) is 0 Å². The quantitative estimate of drug-likeness (QED) is 0.179. The number of rotatable bonds is 6. The molecule has 212 valence electrons. The molecule has 0 fully saturated rings. The molecule has 45 heavy (non-hydrogen) atoms. The van der Waals surface area contributed by atoms with Gasteiger partial charge in [0.05, 0.1) is 0 Å². The Balaban J connectivity index is 1.26. The van der Waals surface area contributed by atoms with Gasteiger partial charge in [-0.25, -0.2) is 0 Å². The minimum Gasteiger partial charge on any atom is -0.310 e. The van der Waals surface area contributed by atoms with E-state index in [9.17, 15) is 0 Å². The fourth-order valence-corrected chi connectivity index (χ4v) is 6.44. The van der Waals surface area contributed by atoms with Gasteiger partial charge in [0.25, 0.3) is 0 Å². The lowest BCUT2D eigenvalue weighted by atomic mass is 9.93. The summed E-state index contributed by atoms with van der Waals surface area (Å²) in [5.41, 5.74) is 10.6. The molecule has 0 radical (unpaired) electrons. The van der Waals surface area contributed by atoms with Crippen LogP contribution >= 0.6 is 0 Å². The van der Waals surface area contributed by atoms with E-state index >= 15 is 0 Å². The van der Waals surface area contributed by atoms with Crippen LogP contribution in [0.5, 0.6) is 0 Å². The summed E-state index contributed by atoms with van der Waals surface area (Å²) in [6.45, 7) is 0. The highest BCUT2D eigenvalue weighted by Gasteiger charge is 2.16. The minimum atomic E-state index is 1.11. The minimum absolute atomic E-state index is 1.11. The van der Waals surface area contributed by atoms with Gasteiger partial charge in [0.1, 0.15) is 0 Å². The Hall–Kier alpha value is -5.92. The lowest BCUT2D eigenvalue weighted by molar-refractivity contribution is 1.28. The van der Waals surface area contributed by atoms with Crippen LogP contribution in [-0.4, -0.2) is 0 Å². The van der Waals surface area contributed by atoms with E-state index in [-0.39, 0.29) is 0 Å². The molecule has 0 N–H and O–H groups in total. The number of anilines is 3. The average molecular weight is 574 g/mol. The zero-order chi connectivity index (χ0) is 30.0. The molecule has 0 spiro atoms. The van der Waals surface area contributed by atoms with Crippen LogP contribution in [0.3, 0.4) is 0 Å². The van der Waals surface area contributed by atoms with E-state index in [2.05, 4.69) is 193 Å². The van der Waals surface area contributed by atoms with E-state index in [0.29, 0.717) is 0 Å². The molecule has 0 heterocycles. The summed E-state index contributed by atoms with van der Waals surface area (Å²) in [4.78, 5) is 2.36. The first-order valence-corrected chi connectivity index (χ1v) is 15.4. The molecule has 8 rings (SSSR count). The van der Waals surface area contributed by atoms with Crippen LogP contribution in [0.25, 0.3) is 54.9 Å². The predicted octanol–water partition coefficient (Wildman–Crippen LogP) is 12.5. The summed E-state index contributed by atoms with van der Waals surface area (Å²) in [6, 6.07) is 67.6. The molecule has 0 bridgehead atoms. The van der Waals surface area contributed by atoms with Gasteiger partial charge in [-0.05, 0) is 97.4 Å². The van der Waals surface area contributed by atoms with Crippen LogP contribution in [0.4, 0.5) is 17.1 Å². The summed E-state index contributed by atoms with van der Waals surface area (Å²) >= 11 is 0. The Morgan fingerprint density at radius 3 is 1.36 bits per heavy atom. The maximum atomic E-state index is 2.36. The summed E-state index contributed by atoms with van der Waals surface area (Å²) < 4.78 is 0. The summed E-state index contributed by atoms with van der Waals surface area (Å²) in [6.07, 6.45) is 0. The molecule has 1 nitrogen and oxygen atoms in total. The van der Waals surface area contributed by atoms with Crippen molar-refractivity contribution in [2.45, 2.75) is 0 Å². The highest BCUT2D eigenvalue weighted by Crippen LogP contribution is 2.40. The van der Waals surface area contributed by atoms with Gasteiger partial charge in [0.2, 0.25) is 0 Å². The Kier molecular flexibility index (Phi) is 6.90. The molecule has 0 aliphatic carbocycles. The maximum Gasteiger partial charge on any atom is 0.0467 e. The SMILES string of the molecule is c1ccc(-c2cccc(N(c3ccc(-c4cc5ccccc5c5ccccc45)cc3)c3cccc(-c4ccccc4)c3)c2)cc1. The van der Waals surface area contributed by atoms with Crippen LogP contribution in [-0.2, 0) is 0 Å². The molecule has 0 saturated heterocycles. The van der Waals surface area contributed by atoms with Crippen molar-refractivity contribution >= 4 is 38.6 Å². The number of nitrogens with zero attached hydrogens (tertiary/aromatic N) is 1. The zero-order valence-corrected chi connectivity index (χ0v) is 24.8. The zero-order valence-electron chi connectivity index (χ0n) is 24.8.